The Balaban J connectivity index is 0.000000117. The van der Waals surface area contributed by atoms with Crippen molar-refractivity contribution in [2.75, 3.05) is 159 Å². The molecule has 35 heteroatoms. The van der Waals surface area contributed by atoms with Crippen molar-refractivity contribution in [3.63, 3.8) is 0 Å². The van der Waals surface area contributed by atoms with Crippen molar-refractivity contribution >= 4 is 90.4 Å². The van der Waals surface area contributed by atoms with Crippen LogP contribution in [0.15, 0.2) is 170 Å². The van der Waals surface area contributed by atoms with E-state index in [0.717, 1.165) is 347 Å². The molecule has 22 rings (SSSR count). The second kappa shape index (κ2) is 45.6. The molecule has 0 unspecified atom stereocenters. The van der Waals surface area contributed by atoms with E-state index in [1.807, 2.05) is 62.8 Å². The molecule has 0 bridgehead atoms. The molecular weight excluding hydrogens is 1730 g/mol. The highest BCUT2D eigenvalue weighted by atomic mass is 16.5. The molecule has 14 heterocycles. The van der Waals surface area contributed by atoms with Crippen LogP contribution in [0, 0.1) is 6.92 Å². The summed E-state index contributed by atoms with van der Waals surface area (Å²) in [6, 6.07) is 28.2. The number of hydrogen-bond donors (Lipinski definition) is 4. The summed E-state index contributed by atoms with van der Waals surface area (Å²) in [5.74, 6) is 8.66. The van der Waals surface area contributed by atoms with Crippen LogP contribution in [-0.2, 0) is 23.7 Å². The summed E-state index contributed by atoms with van der Waals surface area (Å²) in [7, 11) is 0. The largest absolute Gasteiger partial charge is 0.488 e. The van der Waals surface area contributed by atoms with Gasteiger partial charge in [-0.2, -0.15) is 0 Å². The van der Waals surface area contributed by atoms with E-state index >= 15 is 0 Å². The van der Waals surface area contributed by atoms with Crippen LogP contribution >= 0.6 is 0 Å². The number of aryl methyl sites for hydroxylation is 1. The van der Waals surface area contributed by atoms with Crippen LogP contribution in [0.3, 0.4) is 0 Å². The standard InChI is InChI=1S/C27H34N6O3.C26H29N7O3.C25H32N6O3.C23H27N5O2/c1-3-23(4-2-21(1)32-27-30-17-20(18-31-27)19-5-11-34-12-6-19)36-25-16-22(33-9-13-35-14-10-33)15-24-26(25)29-8-7-28-24;1-17-31-32-26(35-17)18-2-7-24(29-16-18)30-19-3-5-21(6-4-19)36-23-15-20(33-10-12-34-13-11-33)14-22-25(23)28-9-8-27-22;1-17(2)33-21-15-28-25(29-16-21)30-18-3-5-20(6-4-18)34-23-14-19(31-9-11-32-12-10-31)13-22-24(23)27-8-7-26-22;1-2-8-25-22(3-1)27-17-4-6-19(7-5-17)30-21-16-18(28-11-13-29-14-12-28)15-20-23(21)26-10-9-24-20/h7-8,15-19,21,23H,1-6,9-14H2,(H,30,31,32);2,7-9,14-16,19,21H,3-6,10-13H2,1H3,(H,29,30);7-8,13-18,20H,3-6,9-12H2,1-2H3,(H,28,29,30);1-3,8-10,15-17,19H,4-7,11-14H2,(H,25,27). The fraction of sp³-hybridized carbons (Fsp3) is 0.485. The predicted octanol–water partition coefficient (Wildman–Crippen LogP) is 15.5. The zero-order chi connectivity index (χ0) is 92.0. The minimum Gasteiger partial charge on any atom is -0.488 e. The minimum absolute atomic E-state index is 0.107. The summed E-state index contributed by atoms with van der Waals surface area (Å²) in [5.41, 5.74) is 13.3. The van der Waals surface area contributed by atoms with Crippen molar-refractivity contribution in [1.29, 1.82) is 0 Å². The number of aromatic nitrogens is 16. The van der Waals surface area contributed by atoms with Crippen molar-refractivity contribution in [3.8, 4) is 40.2 Å². The van der Waals surface area contributed by atoms with Crippen LogP contribution < -0.4 is 64.6 Å². The highest BCUT2D eigenvalue weighted by Gasteiger charge is 2.32. The molecule has 9 aromatic heterocycles. The Morgan fingerprint density at radius 2 is 0.669 bits per heavy atom. The van der Waals surface area contributed by atoms with E-state index < -0.39 is 0 Å². The minimum atomic E-state index is 0.107. The van der Waals surface area contributed by atoms with Gasteiger partial charge in [0.2, 0.25) is 23.7 Å². The van der Waals surface area contributed by atoms with Gasteiger partial charge in [-0.05, 0) is 189 Å². The van der Waals surface area contributed by atoms with Gasteiger partial charge in [-0.25, -0.2) is 49.8 Å². The number of morpholine rings is 4. The first-order valence-electron chi connectivity index (χ1n) is 48.6. The van der Waals surface area contributed by atoms with E-state index in [-0.39, 0.29) is 30.5 Å². The molecule has 9 fully saturated rings. The van der Waals surface area contributed by atoms with Crippen molar-refractivity contribution in [1.82, 2.24) is 80.0 Å². The first-order valence-corrected chi connectivity index (χ1v) is 48.6. The number of anilines is 8. The summed E-state index contributed by atoms with van der Waals surface area (Å²) in [6.45, 7) is 20.3. The van der Waals surface area contributed by atoms with Gasteiger partial charge in [0.05, 0.1) is 123 Å². The van der Waals surface area contributed by atoms with E-state index in [0.29, 0.717) is 53.6 Å². The highest BCUT2D eigenvalue weighted by molar-refractivity contribution is 5.88. The van der Waals surface area contributed by atoms with Crippen molar-refractivity contribution < 1.29 is 51.8 Å². The lowest BCUT2D eigenvalue weighted by molar-refractivity contribution is 0.0852. The molecule has 0 amide bonds. The van der Waals surface area contributed by atoms with E-state index in [1.165, 1.54) is 5.56 Å². The van der Waals surface area contributed by atoms with Crippen LogP contribution in [0.5, 0.6) is 28.7 Å². The summed E-state index contributed by atoms with van der Waals surface area (Å²) < 4.78 is 64.7. The van der Waals surface area contributed by atoms with Crippen LogP contribution in [0.25, 0.3) is 55.6 Å². The second-order valence-corrected chi connectivity index (χ2v) is 36.2. The number of nitrogens with zero attached hydrogens (tertiary/aromatic N) is 20. The molecule has 4 saturated carbocycles. The first kappa shape index (κ1) is 92.1. The van der Waals surface area contributed by atoms with Crippen LogP contribution in [-0.4, -0.2) is 253 Å². The zero-order valence-corrected chi connectivity index (χ0v) is 77.8. The Kier molecular flexibility index (Phi) is 30.9. The fourth-order valence-corrected chi connectivity index (χ4v) is 19.1. The van der Waals surface area contributed by atoms with Gasteiger partial charge in [0, 0.05) is 218 Å². The SMILES string of the molecule is CC(C)Oc1cnc(NC2CCC(Oc3cc(N4CCOCC4)cc4nccnc34)CC2)nc1.Cc1nnc(-c2ccc(NC3CCC(Oc4cc(N5CCOCC5)cc5nccnc45)CC3)nc2)o1.c1ccc(NC2CCC(Oc3cc(N4CCOCC4)cc4nccnc34)CC2)nc1.c1cnc2c(OC3CCC(Nc4ncc(C5CCOCC5)cn4)CC3)cc(N3CCOCC3)cc2n1. The van der Waals surface area contributed by atoms with Crippen LogP contribution in [0.2, 0.25) is 0 Å². The molecule has 0 atom stereocenters. The summed E-state index contributed by atoms with van der Waals surface area (Å²) in [4.78, 5) is 72.6. The lowest BCUT2D eigenvalue weighted by Crippen LogP contribution is -2.36. The number of benzene rings is 4. The lowest BCUT2D eigenvalue weighted by atomic mass is 9.93. The maximum Gasteiger partial charge on any atom is 0.249 e. The van der Waals surface area contributed by atoms with Crippen LogP contribution in [0.1, 0.15) is 147 Å². The molecule has 0 spiro atoms. The van der Waals surface area contributed by atoms with Gasteiger partial charge < -0.3 is 92.7 Å². The Hall–Kier alpha value is -13.0. The van der Waals surface area contributed by atoms with E-state index in [4.69, 9.17) is 51.8 Å². The molecule has 712 valence electrons. The maximum atomic E-state index is 6.55. The van der Waals surface area contributed by atoms with Gasteiger partial charge in [0.1, 0.15) is 56.7 Å². The number of nitrogens with one attached hydrogen (secondary N) is 4. The predicted molar refractivity (Wildman–Crippen MR) is 521 cm³/mol. The number of ether oxygens (including phenoxy) is 10. The Bertz CT molecular complexity index is 5940. The van der Waals surface area contributed by atoms with Crippen molar-refractivity contribution in [2.24, 2.45) is 0 Å². The quantitative estimate of drug-likeness (QED) is 0.0436. The third kappa shape index (κ3) is 24.6. The molecule has 4 aromatic carbocycles. The van der Waals surface area contributed by atoms with Gasteiger partial charge >= 0.3 is 0 Å². The number of rotatable bonds is 24. The molecule has 136 heavy (non-hydrogen) atoms. The summed E-state index contributed by atoms with van der Waals surface area (Å²) in [5, 5.41) is 22.0. The van der Waals surface area contributed by atoms with E-state index in [9.17, 15) is 0 Å². The average Bonchev–Trinajstić information content (AvgIpc) is 0.944. The Morgan fingerprint density at radius 3 is 1.00 bits per heavy atom. The molecule has 4 N–H and O–H groups in total. The van der Waals surface area contributed by atoms with Gasteiger partial charge in [0.25, 0.3) is 0 Å². The fourth-order valence-electron chi connectivity index (χ4n) is 19.1. The maximum absolute atomic E-state index is 6.55. The van der Waals surface area contributed by atoms with Crippen molar-refractivity contribution in [3.05, 3.63) is 177 Å². The normalized spacial score (nSPS) is 21.7. The molecular formula is C101H122N24O11. The topological polar surface area (TPSA) is 373 Å². The van der Waals surface area contributed by atoms with Crippen LogP contribution in [0.4, 0.5) is 46.3 Å². The van der Waals surface area contributed by atoms with Gasteiger partial charge in [-0.1, -0.05) is 6.07 Å². The summed E-state index contributed by atoms with van der Waals surface area (Å²) in [6.07, 6.45) is 43.6. The molecule has 5 aliphatic heterocycles. The zero-order valence-electron chi connectivity index (χ0n) is 77.8. The second-order valence-electron chi connectivity index (χ2n) is 36.2. The van der Waals surface area contributed by atoms with Gasteiger partial charge in [-0.15, -0.1) is 10.2 Å². The van der Waals surface area contributed by atoms with Crippen molar-refractivity contribution in [2.45, 2.75) is 197 Å². The third-order valence-electron chi connectivity index (χ3n) is 26.4. The molecule has 4 aliphatic carbocycles. The highest BCUT2D eigenvalue weighted by Crippen LogP contribution is 2.40. The third-order valence-corrected chi connectivity index (χ3v) is 26.4. The number of pyridine rings is 2. The average molecular weight is 1850 g/mol. The van der Waals surface area contributed by atoms with Gasteiger partial charge in [0.15, 0.2) is 5.75 Å². The van der Waals surface area contributed by atoms with E-state index in [2.05, 4.69) is 169 Å². The monoisotopic (exact) mass is 1850 g/mol. The number of fused-ring (bicyclic) bond motifs is 4. The molecule has 0 radical (unpaired) electrons. The molecule has 9 aliphatic rings. The molecule has 5 saturated heterocycles. The Morgan fingerprint density at radius 1 is 0.324 bits per heavy atom. The Labute approximate surface area is 791 Å². The molecule has 13 aromatic rings. The molecule has 35 nitrogen and oxygen atoms in total. The lowest BCUT2D eigenvalue weighted by Gasteiger charge is -2.31. The van der Waals surface area contributed by atoms with E-state index in [1.54, 1.807) is 75.1 Å². The smallest absolute Gasteiger partial charge is 0.249 e. The first-order chi connectivity index (χ1) is 67.0. The summed E-state index contributed by atoms with van der Waals surface area (Å²) >= 11 is 0. The van der Waals surface area contributed by atoms with Gasteiger partial charge in [-0.3, -0.25) is 19.9 Å². The number of hydrogen-bond acceptors (Lipinski definition) is 35.